The van der Waals surface area contributed by atoms with Crippen LogP contribution < -0.4 is 15.8 Å². The Morgan fingerprint density at radius 3 is 2.56 bits per heavy atom. The number of pyridine rings is 1. The number of hydrogen-bond donors (Lipinski definition) is 1. The number of hydrogen-bond acceptors (Lipinski definition) is 5. The van der Waals surface area contributed by atoms with Crippen LogP contribution in [-0.4, -0.2) is 33.5 Å². The van der Waals surface area contributed by atoms with E-state index in [9.17, 15) is 9.59 Å². The van der Waals surface area contributed by atoms with Crippen LogP contribution in [0.5, 0.6) is 0 Å². The maximum Gasteiger partial charge on any atom is 0.295 e. The summed E-state index contributed by atoms with van der Waals surface area (Å²) in [7, 11) is 0. The van der Waals surface area contributed by atoms with Crippen molar-refractivity contribution in [2.45, 2.75) is 39.7 Å². The highest BCUT2D eigenvalue weighted by Gasteiger charge is 2.28. The van der Waals surface area contributed by atoms with Crippen LogP contribution in [0.2, 0.25) is 0 Å². The zero-order valence-electron chi connectivity index (χ0n) is 20.8. The molecule has 1 saturated heterocycles. The maximum absolute atomic E-state index is 13.6. The molecule has 1 aliphatic heterocycles. The van der Waals surface area contributed by atoms with E-state index in [0.29, 0.717) is 49.5 Å². The van der Waals surface area contributed by atoms with Gasteiger partial charge in [0.1, 0.15) is 5.52 Å². The van der Waals surface area contributed by atoms with Gasteiger partial charge in [0.05, 0.1) is 6.54 Å². The van der Waals surface area contributed by atoms with Crippen LogP contribution in [0.4, 0.5) is 11.5 Å². The van der Waals surface area contributed by atoms with Crippen molar-refractivity contribution >= 4 is 28.6 Å². The minimum Gasteiger partial charge on any atom is -0.352 e. The van der Waals surface area contributed by atoms with Crippen molar-refractivity contribution in [3.8, 4) is 0 Å². The number of fused-ring (bicyclic) bond motifs is 1. The molecular weight excluding hydrogens is 450 g/mol. The number of benzene rings is 2. The molecule has 7 nitrogen and oxygen atoms in total. The van der Waals surface area contributed by atoms with Gasteiger partial charge in [-0.3, -0.25) is 14.2 Å². The molecule has 0 radical (unpaired) electrons. The second-order valence-electron chi connectivity index (χ2n) is 9.37. The Balaban J connectivity index is 1.36. The monoisotopic (exact) mass is 481 g/mol. The molecule has 2 aromatic carbocycles. The molecule has 0 spiro atoms. The lowest BCUT2D eigenvalue weighted by Gasteiger charge is -2.32. The first-order chi connectivity index (χ1) is 17.5. The second kappa shape index (κ2) is 10.3. The van der Waals surface area contributed by atoms with E-state index in [1.165, 1.54) is 0 Å². The number of para-hydroxylation sites is 1. The van der Waals surface area contributed by atoms with Crippen LogP contribution in [0.1, 0.15) is 36.5 Å². The predicted octanol–water partition coefficient (Wildman–Crippen LogP) is 4.57. The summed E-state index contributed by atoms with van der Waals surface area (Å²) in [5, 5.41) is 3.18. The Hall–Kier alpha value is -4.00. The van der Waals surface area contributed by atoms with E-state index >= 15 is 0 Å². The number of aromatic nitrogens is 3. The van der Waals surface area contributed by atoms with Crippen LogP contribution in [-0.2, 0) is 17.8 Å². The third-order valence-electron chi connectivity index (χ3n) is 7.02. The van der Waals surface area contributed by atoms with E-state index in [-0.39, 0.29) is 17.4 Å². The number of carbonyl (C=O) groups is 1. The summed E-state index contributed by atoms with van der Waals surface area (Å²) in [4.78, 5) is 37.9. The lowest BCUT2D eigenvalue weighted by atomic mass is 9.95. The largest absolute Gasteiger partial charge is 0.352 e. The van der Waals surface area contributed by atoms with Gasteiger partial charge in [0, 0.05) is 30.9 Å². The zero-order chi connectivity index (χ0) is 25.1. The van der Waals surface area contributed by atoms with Crippen molar-refractivity contribution in [2.75, 3.05) is 23.3 Å². The topological polar surface area (TPSA) is 80.1 Å². The van der Waals surface area contributed by atoms with Gasteiger partial charge in [0.2, 0.25) is 5.91 Å². The van der Waals surface area contributed by atoms with E-state index in [4.69, 9.17) is 4.98 Å². The molecule has 0 atom stereocenters. The first kappa shape index (κ1) is 23.7. The fourth-order valence-electron chi connectivity index (χ4n) is 4.96. The highest BCUT2D eigenvalue weighted by atomic mass is 16.2. The molecule has 5 rings (SSSR count). The van der Waals surface area contributed by atoms with Crippen LogP contribution in [0.15, 0.2) is 71.7 Å². The fraction of sp³-hybridized carbons (Fsp3) is 0.310. The molecule has 0 saturated carbocycles. The fourth-order valence-corrected chi connectivity index (χ4v) is 4.96. The van der Waals surface area contributed by atoms with E-state index < -0.39 is 0 Å². The number of amides is 1. The van der Waals surface area contributed by atoms with Crippen LogP contribution in [0.3, 0.4) is 0 Å². The smallest absolute Gasteiger partial charge is 0.295 e. The van der Waals surface area contributed by atoms with Gasteiger partial charge in [-0.05, 0) is 55.0 Å². The highest BCUT2D eigenvalue weighted by Crippen LogP contribution is 2.26. The first-order valence-corrected chi connectivity index (χ1v) is 12.6. The van der Waals surface area contributed by atoms with Gasteiger partial charge in [-0.2, -0.15) is 0 Å². The van der Waals surface area contributed by atoms with Crippen molar-refractivity contribution in [1.82, 2.24) is 14.5 Å². The van der Waals surface area contributed by atoms with Gasteiger partial charge in [0.15, 0.2) is 11.5 Å². The van der Waals surface area contributed by atoms with Crippen LogP contribution in [0, 0.1) is 12.8 Å². The Bertz CT molecular complexity index is 1440. The summed E-state index contributed by atoms with van der Waals surface area (Å²) in [6.45, 7) is 5.76. The molecule has 7 heteroatoms. The Morgan fingerprint density at radius 1 is 1.03 bits per heavy atom. The van der Waals surface area contributed by atoms with E-state index in [0.717, 1.165) is 28.8 Å². The van der Waals surface area contributed by atoms with Gasteiger partial charge in [-0.25, -0.2) is 9.97 Å². The standard InChI is InChI=1S/C29H31N5O2/c1-3-22-12-7-9-20(2)25(22)32-28(35)23-14-17-33(18-15-23)27-29(36)34(19-21-10-5-4-6-11-21)26-24(31-27)13-8-16-30-26/h4-13,16,23H,3,14-15,17-19H2,1-2H3,(H,32,35). The van der Waals surface area contributed by atoms with E-state index in [1.807, 2.05) is 66.4 Å². The van der Waals surface area contributed by atoms with Crippen molar-refractivity contribution in [2.24, 2.45) is 5.92 Å². The molecule has 0 unspecified atom stereocenters. The van der Waals surface area contributed by atoms with Crippen molar-refractivity contribution in [3.63, 3.8) is 0 Å². The number of nitrogens with zero attached hydrogens (tertiary/aromatic N) is 4. The minimum atomic E-state index is -0.152. The SMILES string of the molecule is CCc1cccc(C)c1NC(=O)C1CCN(c2nc3cccnc3n(Cc3ccccc3)c2=O)CC1. The molecule has 4 aromatic rings. The molecule has 1 aliphatic rings. The molecule has 3 heterocycles. The predicted molar refractivity (Wildman–Crippen MR) is 143 cm³/mol. The summed E-state index contributed by atoms with van der Waals surface area (Å²) >= 11 is 0. The molecule has 184 valence electrons. The average molecular weight is 482 g/mol. The van der Waals surface area contributed by atoms with Gasteiger partial charge in [0.25, 0.3) is 5.56 Å². The molecule has 36 heavy (non-hydrogen) atoms. The van der Waals surface area contributed by atoms with E-state index in [2.05, 4.69) is 23.3 Å². The quantitative estimate of drug-likeness (QED) is 0.437. The summed E-state index contributed by atoms with van der Waals surface area (Å²) < 4.78 is 1.70. The van der Waals surface area contributed by atoms with Crippen molar-refractivity contribution in [3.05, 3.63) is 93.9 Å². The van der Waals surface area contributed by atoms with Gasteiger partial charge in [-0.1, -0.05) is 55.5 Å². The van der Waals surface area contributed by atoms with Gasteiger partial charge < -0.3 is 10.2 Å². The normalized spacial score (nSPS) is 14.2. The molecule has 0 bridgehead atoms. The molecule has 1 amide bonds. The summed E-state index contributed by atoms with van der Waals surface area (Å²) in [6, 6.07) is 19.7. The number of piperidine rings is 1. The Labute approximate surface area is 210 Å². The molecule has 2 aromatic heterocycles. The van der Waals surface area contributed by atoms with Gasteiger partial charge in [-0.15, -0.1) is 0 Å². The number of rotatable bonds is 6. The lowest BCUT2D eigenvalue weighted by Crippen LogP contribution is -2.42. The molecule has 1 N–H and O–H groups in total. The third-order valence-corrected chi connectivity index (χ3v) is 7.02. The number of carbonyl (C=O) groups excluding carboxylic acids is 1. The van der Waals surface area contributed by atoms with Crippen molar-refractivity contribution in [1.29, 1.82) is 0 Å². The summed E-state index contributed by atoms with van der Waals surface area (Å²) in [5.41, 5.74) is 5.30. The number of nitrogens with one attached hydrogen (secondary N) is 1. The van der Waals surface area contributed by atoms with E-state index in [1.54, 1.807) is 10.8 Å². The third kappa shape index (κ3) is 4.73. The molecule has 1 fully saturated rings. The lowest BCUT2D eigenvalue weighted by molar-refractivity contribution is -0.120. The summed E-state index contributed by atoms with van der Waals surface area (Å²) in [5.74, 6) is 0.382. The molecule has 0 aliphatic carbocycles. The number of aryl methyl sites for hydroxylation is 2. The van der Waals surface area contributed by atoms with Crippen LogP contribution in [0.25, 0.3) is 11.2 Å². The summed E-state index contributed by atoms with van der Waals surface area (Å²) in [6.07, 6.45) is 3.90. The first-order valence-electron chi connectivity index (χ1n) is 12.6. The number of anilines is 2. The van der Waals surface area contributed by atoms with Crippen LogP contribution >= 0.6 is 0 Å². The molecular formula is C29H31N5O2. The average Bonchev–Trinajstić information content (AvgIpc) is 2.92. The Morgan fingerprint density at radius 2 is 1.81 bits per heavy atom. The van der Waals surface area contributed by atoms with Gasteiger partial charge >= 0.3 is 0 Å². The highest BCUT2D eigenvalue weighted by molar-refractivity contribution is 5.94. The second-order valence-corrected chi connectivity index (χ2v) is 9.37. The van der Waals surface area contributed by atoms with Crippen molar-refractivity contribution < 1.29 is 4.79 Å². The minimum absolute atomic E-state index is 0.0517. The maximum atomic E-state index is 13.6. The Kier molecular flexibility index (Phi) is 6.80. The zero-order valence-corrected chi connectivity index (χ0v) is 20.8.